The zero-order valence-corrected chi connectivity index (χ0v) is 8.80. The van der Waals surface area contributed by atoms with Crippen LogP contribution in [0.25, 0.3) is 0 Å². The zero-order chi connectivity index (χ0) is 9.26. The van der Waals surface area contributed by atoms with Crippen molar-refractivity contribution in [3.8, 4) is 0 Å². The van der Waals surface area contributed by atoms with E-state index >= 15 is 0 Å². The van der Waals surface area contributed by atoms with Crippen LogP contribution in [-0.4, -0.2) is 31.3 Å². The van der Waals surface area contributed by atoms with Crippen LogP contribution in [0.3, 0.4) is 0 Å². The van der Waals surface area contributed by atoms with Crippen LogP contribution in [0.4, 0.5) is 5.13 Å². The first kappa shape index (κ1) is 8.97. The van der Waals surface area contributed by atoms with E-state index in [9.17, 15) is 0 Å². The van der Waals surface area contributed by atoms with E-state index in [-0.39, 0.29) is 0 Å². The van der Waals surface area contributed by atoms with Gasteiger partial charge in [-0.05, 0) is 13.3 Å². The standard InChI is InChI=1S/C9H14N2OS/c1-7-6-13-9(10-7)11(2)8-3-4-12-5-8/h6,8H,3-5H2,1-2H3. The average molecular weight is 198 g/mol. The SMILES string of the molecule is Cc1csc(N(C)C2CCOC2)n1. The third kappa shape index (κ3) is 1.84. The number of aryl methyl sites for hydroxylation is 1. The van der Waals surface area contributed by atoms with Crippen molar-refractivity contribution >= 4 is 16.5 Å². The number of rotatable bonds is 2. The van der Waals surface area contributed by atoms with E-state index < -0.39 is 0 Å². The summed E-state index contributed by atoms with van der Waals surface area (Å²) in [6.07, 6.45) is 1.12. The van der Waals surface area contributed by atoms with Crippen molar-refractivity contribution in [1.82, 2.24) is 4.98 Å². The highest BCUT2D eigenvalue weighted by Gasteiger charge is 2.21. The molecule has 2 rings (SSSR count). The topological polar surface area (TPSA) is 25.4 Å². The van der Waals surface area contributed by atoms with E-state index in [4.69, 9.17) is 4.74 Å². The second-order valence-corrected chi connectivity index (χ2v) is 4.24. The summed E-state index contributed by atoms with van der Waals surface area (Å²) in [4.78, 5) is 6.67. The van der Waals surface area contributed by atoms with Crippen molar-refractivity contribution in [2.24, 2.45) is 0 Å². The highest BCUT2D eigenvalue weighted by atomic mass is 32.1. The van der Waals surface area contributed by atoms with E-state index in [1.54, 1.807) is 11.3 Å². The Bertz CT molecular complexity index is 281. The molecule has 13 heavy (non-hydrogen) atoms. The van der Waals surface area contributed by atoms with Gasteiger partial charge in [0, 0.05) is 19.0 Å². The van der Waals surface area contributed by atoms with Gasteiger partial charge in [-0.15, -0.1) is 11.3 Å². The third-order valence-electron chi connectivity index (χ3n) is 2.36. The van der Waals surface area contributed by atoms with Crippen LogP contribution in [0.5, 0.6) is 0 Å². The average Bonchev–Trinajstić information content (AvgIpc) is 2.72. The molecular weight excluding hydrogens is 184 g/mol. The van der Waals surface area contributed by atoms with Gasteiger partial charge in [-0.1, -0.05) is 0 Å². The van der Waals surface area contributed by atoms with E-state index in [1.165, 1.54) is 0 Å². The van der Waals surface area contributed by atoms with Gasteiger partial charge in [0.1, 0.15) is 0 Å². The molecule has 72 valence electrons. The minimum Gasteiger partial charge on any atom is -0.379 e. The van der Waals surface area contributed by atoms with Gasteiger partial charge in [-0.2, -0.15) is 0 Å². The molecule has 1 aromatic rings. The number of thiazole rings is 1. The van der Waals surface area contributed by atoms with Crippen molar-refractivity contribution in [2.45, 2.75) is 19.4 Å². The molecule has 2 heterocycles. The summed E-state index contributed by atoms with van der Waals surface area (Å²) < 4.78 is 5.34. The van der Waals surface area contributed by atoms with Gasteiger partial charge in [0.15, 0.2) is 5.13 Å². The summed E-state index contributed by atoms with van der Waals surface area (Å²) in [6, 6.07) is 0.519. The summed E-state index contributed by atoms with van der Waals surface area (Å²) in [5.41, 5.74) is 1.10. The van der Waals surface area contributed by atoms with Crippen LogP contribution in [0, 0.1) is 6.92 Å². The predicted molar refractivity (Wildman–Crippen MR) is 54.5 cm³/mol. The van der Waals surface area contributed by atoms with Gasteiger partial charge in [-0.3, -0.25) is 0 Å². The number of hydrogen-bond acceptors (Lipinski definition) is 4. The summed E-state index contributed by atoms with van der Waals surface area (Å²) in [5, 5.41) is 3.19. The molecule has 1 aliphatic heterocycles. The maximum atomic E-state index is 5.34. The minimum atomic E-state index is 0.519. The summed E-state index contributed by atoms with van der Waals surface area (Å²) in [5.74, 6) is 0. The molecule has 3 nitrogen and oxygen atoms in total. The second kappa shape index (κ2) is 3.64. The molecule has 1 aromatic heterocycles. The van der Waals surface area contributed by atoms with Crippen LogP contribution in [-0.2, 0) is 4.74 Å². The highest BCUT2D eigenvalue weighted by Crippen LogP contribution is 2.23. The van der Waals surface area contributed by atoms with Crippen molar-refractivity contribution in [2.75, 3.05) is 25.2 Å². The van der Waals surface area contributed by atoms with E-state index in [0.717, 1.165) is 30.5 Å². The van der Waals surface area contributed by atoms with Gasteiger partial charge in [0.2, 0.25) is 0 Å². The Labute approximate surface area is 82.3 Å². The first-order valence-corrected chi connectivity index (χ1v) is 5.38. The quantitative estimate of drug-likeness (QED) is 0.723. The molecule has 0 amide bonds. The van der Waals surface area contributed by atoms with Crippen molar-refractivity contribution in [3.05, 3.63) is 11.1 Å². The lowest BCUT2D eigenvalue weighted by Gasteiger charge is -2.21. The summed E-state index contributed by atoms with van der Waals surface area (Å²) in [7, 11) is 2.09. The molecule has 0 N–H and O–H groups in total. The maximum absolute atomic E-state index is 5.34. The molecule has 0 saturated carbocycles. The van der Waals surface area contributed by atoms with E-state index in [1.807, 2.05) is 6.92 Å². The number of likely N-dealkylation sites (N-methyl/N-ethyl adjacent to an activating group) is 1. The van der Waals surface area contributed by atoms with Crippen LogP contribution in [0.15, 0.2) is 5.38 Å². The van der Waals surface area contributed by atoms with Gasteiger partial charge in [0.25, 0.3) is 0 Å². The Balaban J connectivity index is 2.07. The lowest BCUT2D eigenvalue weighted by Crippen LogP contribution is -2.31. The van der Waals surface area contributed by atoms with Crippen molar-refractivity contribution in [3.63, 3.8) is 0 Å². The fourth-order valence-corrected chi connectivity index (χ4v) is 2.33. The van der Waals surface area contributed by atoms with Gasteiger partial charge >= 0.3 is 0 Å². The number of nitrogens with zero attached hydrogens (tertiary/aromatic N) is 2. The third-order valence-corrected chi connectivity index (χ3v) is 3.41. The van der Waals surface area contributed by atoms with Crippen LogP contribution >= 0.6 is 11.3 Å². The first-order chi connectivity index (χ1) is 6.27. The first-order valence-electron chi connectivity index (χ1n) is 4.50. The number of anilines is 1. The zero-order valence-electron chi connectivity index (χ0n) is 7.99. The molecule has 0 bridgehead atoms. The lowest BCUT2D eigenvalue weighted by molar-refractivity contribution is 0.193. The molecule has 4 heteroatoms. The molecule has 0 spiro atoms. The summed E-state index contributed by atoms with van der Waals surface area (Å²) >= 11 is 1.70. The Morgan fingerprint density at radius 1 is 1.69 bits per heavy atom. The number of aromatic nitrogens is 1. The number of ether oxygens (including phenoxy) is 1. The Kier molecular flexibility index (Phi) is 2.51. The Morgan fingerprint density at radius 2 is 2.54 bits per heavy atom. The van der Waals surface area contributed by atoms with Gasteiger partial charge < -0.3 is 9.64 Å². The molecule has 1 unspecified atom stereocenters. The molecule has 1 fully saturated rings. The van der Waals surface area contributed by atoms with Crippen LogP contribution < -0.4 is 4.90 Å². The minimum absolute atomic E-state index is 0.519. The fourth-order valence-electron chi connectivity index (χ4n) is 1.49. The normalized spacial score (nSPS) is 22.2. The Morgan fingerprint density at radius 3 is 3.08 bits per heavy atom. The molecule has 1 saturated heterocycles. The van der Waals surface area contributed by atoms with E-state index in [2.05, 4.69) is 22.3 Å². The highest BCUT2D eigenvalue weighted by molar-refractivity contribution is 7.13. The monoisotopic (exact) mass is 198 g/mol. The van der Waals surface area contributed by atoms with E-state index in [0.29, 0.717) is 6.04 Å². The van der Waals surface area contributed by atoms with Crippen molar-refractivity contribution < 1.29 is 4.74 Å². The van der Waals surface area contributed by atoms with Crippen molar-refractivity contribution in [1.29, 1.82) is 0 Å². The van der Waals surface area contributed by atoms with Gasteiger partial charge in [-0.25, -0.2) is 4.98 Å². The smallest absolute Gasteiger partial charge is 0.185 e. The van der Waals surface area contributed by atoms with Crippen LogP contribution in [0.2, 0.25) is 0 Å². The molecule has 1 aliphatic rings. The molecule has 0 radical (unpaired) electrons. The maximum Gasteiger partial charge on any atom is 0.185 e. The summed E-state index contributed by atoms with van der Waals surface area (Å²) in [6.45, 7) is 3.76. The van der Waals surface area contributed by atoms with Gasteiger partial charge in [0.05, 0.1) is 18.3 Å². The fraction of sp³-hybridized carbons (Fsp3) is 0.667. The predicted octanol–water partition coefficient (Wildman–Crippen LogP) is 1.68. The lowest BCUT2D eigenvalue weighted by atomic mass is 10.2. The Hall–Kier alpha value is -0.610. The largest absolute Gasteiger partial charge is 0.379 e. The molecule has 0 aromatic carbocycles. The second-order valence-electron chi connectivity index (χ2n) is 3.40. The molecule has 0 aliphatic carbocycles. The van der Waals surface area contributed by atoms with Crippen LogP contribution in [0.1, 0.15) is 12.1 Å². The molecular formula is C9H14N2OS. The molecule has 1 atom stereocenters. The number of hydrogen-bond donors (Lipinski definition) is 0.